The first-order valence-corrected chi connectivity index (χ1v) is 9.71. The molecule has 7 heteroatoms. The van der Waals surface area contributed by atoms with Gasteiger partial charge in [0, 0.05) is 18.2 Å². The summed E-state index contributed by atoms with van der Waals surface area (Å²) in [4.78, 5) is 23.8. The second-order valence-electron chi connectivity index (χ2n) is 8.03. The predicted octanol–water partition coefficient (Wildman–Crippen LogP) is 4.00. The Labute approximate surface area is 169 Å². The maximum Gasteiger partial charge on any atom is 0.228 e. The van der Waals surface area contributed by atoms with E-state index >= 15 is 0 Å². The molecular weight excluding hydrogens is 376 g/mol. The van der Waals surface area contributed by atoms with Crippen LogP contribution in [0.2, 0.25) is 5.02 Å². The zero-order valence-electron chi connectivity index (χ0n) is 16.2. The summed E-state index contributed by atoms with van der Waals surface area (Å²) in [5.74, 6) is 0.133. The standard InChI is InChI=1S/C21H23ClN4O2/c1-21(2,3)20(27)25-9-10-28-18(13-25)16-6-4-5-15(24-16)17-11-23-19-8-7-14(22)12-26(17)19/h4-8,11-12,18H,9-10,13H2,1-3H3. The highest BCUT2D eigenvalue weighted by atomic mass is 35.5. The molecule has 0 radical (unpaired) electrons. The topological polar surface area (TPSA) is 59.7 Å². The summed E-state index contributed by atoms with van der Waals surface area (Å²) in [5.41, 5.74) is 2.85. The van der Waals surface area contributed by atoms with E-state index in [4.69, 9.17) is 21.3 Å². The Morgan fingerprint density at radius 3 is 2.86 bits per heavy atom. The molecule has 0 aromatic carbocycles. The first kappa shape index (κ1) is 18.9. The molecule has 28 heavy (non-hydrogen) atoms. The fourth-order valence-corrected chi connectivity index (χ4v) is 3.57. The molecule has 3 aromatic heterocycles. The number of pyridine rings is 2. The lowest BCUT2D eigenvalue weighted by molar-refractivity contribution is -0.147. The van der Waals surface area contributed by atoms with Crippen LogP contribution in [0.3, 0.4) is 0 Å². The molecular formula is C21H23ClN4O2. The van der Waals surface area contributed by atoms with E-state index in [1.54, 1.807) is 6.20 Å². The number of hydrogen-bond donors (Lipinski definition) is 0. The number of halogens is 1. The van der Waals surface area contributed by atoms with E-state index in [-0.39, 0.29) is 12.0 Å². The average molecular weight is 399 g/mol. The Kier molecular flexibility index (Phi) is 4.85. The molecule has 1 unspecified atom stereocenters. The highest BCUT2D eigenvalue weighted by molar-refractivity contribution is 6.30. The molecule has 1 amide bonds. The summed E-state index contributed by atoms with van der Waals surface area (Å²) < 4.78 is 7.86. The van der Waals surface area contributed by atoms with Gasteiger partial charge in [0.1, 0.15) is 11.8 Å². The third-order valence-electron chi connectivity index (χ3n) is 4.83. The lowest BCUT2D eigenvalue weighted by Gasteiger charge is -2.36. The predicted molar refractivity (Wildman–Crippen MR) is 108 cm³/mol. The van der Waals surface area contributed by atoms with Gasteiger partial charge in [-0.05, 0) is 24.3 Å². The third kappa shape index (κ3) is 3.62. The number of imidazole rings is 1. The molecule has 0 N–H and O–H groups in total. The van der Waals surface area contributed by atoms with Crippen molar-refractivity contribution >= 4 is 23.2 Å². The molecule has 1 fully saturated rings. The minimum atomic E-state index is -0.410. The van der Waals surface area contributed by atoms with Gasteiger partial charge < -0.3 is 9.64 Å². The van der Waals surface area contributed by atoms with Crippen LogP contribution >= 0.6 is 11.6 Å². The number of ether oxygens (including phenoxy) is 1. The maximum absolute atomic E-state index is 12.7. The van der Waals surface area contributed by atoms with Crippen molar-refractivity contribution in [3.63, 3.8) is 0 Å². The summed E-state index contributed by atoms with van der Waals surface area (Å²) in [6.07, 6.45) is 3.37. The van der Waals surface area contributed by atoms with Crippen molar-refractivity contribution in [2.45, 2.75) is 26.9 Å². The monoisotopic (exact) mass is 398 g/mol. The molecule has 1 saturated heterocycles. The van der Waals surface area contributed by atoms with Crippen LogP contribution in [0, 0.1) is 5.41 Å². The van der Waals surface area contributed by atoms with Crippen LogP contribution in [0.4, 0.5) is 0 Å². The first-order chi connectivity index (χ1) is 13.3. The molecule has 146 valence electrons. The van der Waals surface area contributed by atoms with Gasteiger partial charge >= 0.3 is 0 Å². The number of nitrogens with zero attached hydrogens (tertiary/aromatic N) is 4. The summed E-state index contributed by atoms with van der Waals surface area (Å²) in [7, 11) is 0. The van der Waals surface area contributed by atoms with E-state index in [0.717, 1.165) is 22.7 Å². The van der Waals surface area contributed by atoms with E-state index in [9.17, 15) is 4.79 Å². The number of hydrogen-bond acceptors (Lipinski definition) is 4. The fraction of sp³-hybridized carbons (Fsp3) is 0.381. The fourth-order valence-electron chi connectivity index (χ4n) is 3.40. The van der Waals surface area contributed by atoms with Gasteiger partial charge in [-0.15, -0.1) is 0 Å². The molecule has 4 rings (SSSR count). The highest BCUT2D eigenvalue weighted by Gasteiger charge is 2.32. The lowest BCUT2D eigenvalue weighted by Crippen LogP contribution is -2.47. The molecule has 6 nitrogen and oxygen atoms in total. The summed E-state index contributed by atoms with van der Waals surface area (Å²) >= 11 is 6.14. The van der Waals surface area contributed by atoms with E-state index in [1.807, 2.05) is 66.6 Å². The molecule has 1 aliphatic rings. The van der Waals surface area contributed by atoms with E-state index in [1.165, 1.54) is 0 Å². The van der Waals surface area contributed by atoms with E-state index < -0.39 is 5.41 Å². The number of amides is 1. The van der Waals surface area contributed by atoms with Crippen LogP contribution in [0.15, 0.2) is 42.7 Å². The Bertz CT molecular complexity index is 1020. The van der Waals surface area contributed by atoms with Gasteiger partial charge in [-0.1, -0.05) is 38.4 Å². The van der Waals surface area contributed by atoms with Gasteiger partial charge in [-0.2, -0.15) is 0 Å². The van der Waals surface area contributed by atoms with Gasteiger partial charge in [0.2, 0.25) is 5.91 Å². The number of morpholine rings is 1. The van der Waals surface area contributed by atoms with Crippen molar-refractivity contribution in [1.29, 1.82) is 0 Å². The molecule has 0 saturated carbocycles. The van der Waals surface area contributed by atoms with Crippen LogP contribution in [0.5, 0.6) is 0 Å². The number of fused-ring (bicyclic) bond motifs is 1. The summed E-state index contributed by atoms with van der Waals surface area (Å²) in [6.45, 7) is 7.44. The molecule has 0 spiro atoms. The van der Waals surface area contributed by atoms with Gasteiger partial charge in [0.15, 0.2) is 0 Å². The van der Waals surface area contributed by atoms with Gasteiger partial charge in [0.05, 0.1) is 41.5 Å². The third-order valence-corrected chi connectivity index (χ3v) is 5.05. The first-order valence-electron chi connectivity index (χ1n) is 9.34. The largest absolute Gasteiger partial charge is 0.368 e. The zero-order chi connectivity index (χ0) is 19.9. The van der Waals surface area contributed by atoms with Crippen LogP contribution < -0.4 is 0 Å². The van der Waals surface area contributed by atoms with Crippen LogP contribution in [-0.2, 0) is 9.53 Å². The van der Waals surface area contributed by atoms with Gasteiger partial charge in [-0.25, -0.2) is 9.97 Å². The second-order valence-corrected chi connectivity index (χ2v) is 8.46. The van der Waals surface area contributed by atoms with Gasteiger partial charge in [-0.3, -0.25) is 9.20 Å². The van der Waals surface area contributed by atoms with Crippen molar-refractivity contribution in [1.82, 2.24) is 19.3 Å². The minimum Gasteiger partial charge on any atom is -0.368 e. The van der Waals surface area contributed by atoms with Gasteiger partial charge in [0.25, 0.3) is 0 Å². The highest BCUT2D eigenvalue weighted by Crippen LogP contribution is 2.27. The second kappa shape index (κ2) is 7.18. The molecule has 4 heterocycles. The Hall–Kier alpha value is -2.44. The van der Waals surface area contributed by atoms with Crippen molar-refractivity contribution in [2.24, 2.45) is 5.41 Å². The average Bonchev–Trinajstić information content (AvgIpc) is 3.10. The smallest absolute Gasteiger partial charge is 0.228 e. The zero-order valence-corrected chi connectivity index (χ0v) is 17.0. The minimum absolute atomic E-state index is 0.133. The number of aromatic nitrogens is 3. The van der Waals surface area contributed by atoms with Crippen LogP contribution in [0.25, 0.3) is 17.0 Å². The molecule has 1 aliphatic heterocycles. The van der Waals surface area contributed by atoms with Crippen molar-refractivity contribution < 1.29 is 9.53 Å². The van der Waals surface area contributed by atoms with Crippen molar-refractivity contribution in [3.05, 3.63) is 53.4 Å². The van der Waals surface area contributed by atoms with Crippen molar-refractivity contribution in [2.75, 3.05) is 19.7 Å². The number of rotatable bonds is 2. The van der Waals surface area contributed by atoms with Crippen LogP contribution in [-0.4, -0.2) is 44.9 Å². The Morgan fingerprint density at radius 1 is 1.25 bits per heavy atom. The SMILES string of the molecule is CC(C)(C)C(=O)N1CCOC(c2cccc(-c3cnc4ccc(Cl)cn34)n2)C1. The number of carbonyl (C=O) groups is 1. The normalized spacial score (nSPS) is 17.9. The summed E-state index contributed by atoms with van der Waals surface area (Å²) in [5, 5.41) is 0.634. The van der Waals surface area contributed by atoms with E-state index in [2.05, 4.69) is 4.98 Å². The lowest BCUT2D eigenvalue weighted by atomic mass is 9.94. The molecule has 1 atom stereocenters. The molecule has 0 aliphatic carbocycles. The van der Waals surface area contributed by atoms with E-state index in [0.29, 0.717) is 24.7 Å². The molecule has 3 aromatic rings. The Morgan fingerprint density at radius 2 is 2.07 bits per heavy atom. The number of carbonyl (C=O) groups excluding carboxylic acids is 1. The Balaban J connectivity index is 1.63. The van der Waals surface area contributed by atoms with Crippen LogP contribution in [0.1, 0.15) is 32.6 Å². The molecule has 0 bridgehead atoms. The maximum atomic E-state index is 12.7. The summed E-state index contributed by atoms with van der Waals surface area (Å²) in [6, 6.07) is 9.52. The quantitative estimate of drug-likeness (QED) is 0.654. The van der Waals surface area contributed by atoms with Crippen molar-refractivity contribution in [3.8, 4) is 11.4 Å².